The molecule has 0 saturated carbocycles. The van der Waals surface area contributed by atoms with Gasteiger partial charge in [-0.3, -0.25) is 0 Å². The zero-order valence-corrected chi connectivity index (χ0v) is 17.1. The Balaban J connectivity index is 1.52. The molecule has 1 aromatic heterocycles. The number of anilines is 2. The van der Waals surface area contributed by atoms with Crippen LogP contribution in [-0.2, 0) is 42.0 Å². The van der Waals surface area contributed by atoms with Crippen LogP contribution in [0, 0.1) is 0 Å². The van der Waals surface area contributed by atoms with Gasteiger partial charge in [0.1, 0.15) is 0 Å². The summed E-state index contributed by atoms with van der Waals surface area (Å²) in [5.41, 5.74) is 8.10. The molecule has 6 heteroatoms. The second kappa shape index (κ2) is 6.36. The van der Waals surface area contributed by atoms with Gasteiger partial charge >= 0.3 is 0 Å². The average Bonchev–Trinajstić information content (AvgIpc) is 2.92. The summed E-state index contributed by atoms with van der Waals surface area (Å²) in [4.78, 5) is 2.34. The maximum atomic E-state index is 12.2. The van der Waals surface area contributed by atoms with Crippen LogP contribution in [0.3, 0.4) is 0 Å². The van der Waals surface area contributed by atoms with E-state index in [0.717, 1.165) is 53.0 Å². The van der Waals surface area contributed by atoms with E-state index in [-0.39, 0.29) is 11.5 Å². The number of aryl methyl sites for hydroxylation is 1. The Morgan fingerprint density at radius 1 is 0.964 bits per heavy atom. The minimum atomic E-state index is -3.00. The smallest absolute Gasteiger partial charge is 0.154 e. The summed E-state index contributed by atoms with van der Waals surface area (Å²) in [7, 11) is 1.19. The van der Waals surface area contributed by atoms with Crippen LogP contribution < -0.4 is 5.32 Å². The molecule has 2 aliphatic heterocycles. The SMILES string of the molecule is CN1CCc2ccc(Nc3ccc4c(c3)c3c(n4C)CCS(=O)(=O)C3)cc2C1. The van der Waals surface area contributed by atoms with Crippen LogP contribution in [-0.4, -0.2) is 37.2 Å². The summed E-state index contributed by atoms with van der Waals surface area (Å²) < 4.78 is 26.5. The number of nitrogens with zero attached hydrogens (tertiary/aromatic N) is 2. The van der Waals surface area contributed by atoms with Crippen molar-refractivity contribution in [2.45, 2.75) is 25.1 Å². The molecule has 0 unspecified atom stereocenters. The maximum Gasteiger partial charge on any atom is 0.154 e. The van der Waals surface area contributed by atoms with E-state index >= 15 is 0 Å². The molecule has 1 N–H and O–H groups in total. The van der Waals surface area contributed by atoms with E-state index in [1.165, 1.54) is 11.1 Å². The molecule has 0 saturated heterocycles. The molecule has 0 aliphatic carbocycles. The van der Waals surface area contributed by atoms with Crippen LogP contribution in [0.1, 0.15) is 22.4 Å². The van der Waals surface area contributed by atoms with E-state index in [9.17, 15) is 8.42 Å². The van der Waals surface area contributed by atoms with Crippen molar-refractivity contribution < 1.29 is 8.42 Å². The molecule has 3 aromatic rings. The van der Waals surface area contributed by atoms with Gasteiger partial charge in [0.15, 0.2) is 9.84 Å². The first kappa shape index (κ1) is 17.8. The van der Waals surface area contributed by atoms with Crippen molar-refractivity contribution in [3.63, 3.8) is 0 Å². The zero-order chi connectivity index (χ0) is 19.5. The fourth-order valence-electron chi connectivity index (χ4n) is 4.62. The standard InChI is InChI=1S/C22H25N3O2S/c1-24-9-7-15-3-4-17(11-16(15)13-24)23-18-5-6-21-19(12-18)20-14-28(26,27)10-8-22(20)25(21)2/h3-6,11-12,23H,7-10,13-14H2,1-2H3. The highest BCUT2D eigenvalue weighted by Crippen LogP contribution is 2.34. The fourth-order valence-corrected chi connectivity index (χ4v) is 6.03. The van der Waals surface area contributed by atoms with Crippen LogP contribution in [0.2, 0.25) is 0 Å². The lowest BCUT2D eigenvalue weighted by Crippen LogP contribution is -2.26. The summed E-state index contributed by atoms with van der Waals surface area (Å²) in [6, 6.07) is 12.9. The third-order valence-corrected chi connectivity index (χ3v) is 7.70. The van der Waals surface area contributed by atoms with Gasteiger partial charge in [0.25, 0.3) is 0 Å². The van der Waals surface area contributed by atoms with E-state index in [0.29, 0.717) is 6.42 Å². The minimum Gasteiger partial charge on any atom is -0.355 e. The van der Waals surface area contributed by atoms with Crippen molar-refractivity contribution in [1.82, 2.24) is 9.47 Å². The molecule has 28 heavy (non-hydrogen) atoms. The molecular weight excluding hydrogens is 370 g/mol. The highest BCUT2D eigenvalue weighted by atomic mass is 32.2. The molecule has 146 valence electrons. The number of rotatable bonds is 2. The molecule has 5 rings (SSSR count). The van der Waals surface area contributed by atoms with Gasteiger partial charge in [0, 0.05) is 54.5 Å². The van der Waals surface area contributed by atoms with Crippen molar-refractivity contribution in [2.75, 3.05) is 24.7 Å². The van der Waals surface area contributed by atoms with Gasteiger partial charge in [-0.05, 0) is 60.5 Å². The molecule has 0 fully saturated rings. The largest absolute Gasteiger partial charge is 0.355 e. The Morgan fingerprint density at radius 2 is 1.75 bits per heavy atom. The van der Waals surface area contributed by atoms with Crippen LogP contribution >= 0.6 is 0 Å². The third kappa shape index (κ3) is 3.01. The van der Waals surface area contributed by atoms with Gasteiger partial charge in [0.2, 0.25) is 0 Å². The first-order valence-electron chi connectivity index (χ1n) is 9.78. The second-order valence-corrected chi connectivity index (χ2v) is 10.3. The Morgan fingerprint density at radius 3 is 2.61 bits per heavy atom. The normalized spacial score (nSPS) is 18.6. The number of hydrogen-bond donors (Lipinski definition) is 1. The molecule has 0 radical (unpaired) electrons. The predicted octanol–water partition coefficient (Wildman–Crippen LogP) is 3.38. The number of fused-ring (bicyclic) bond motifs is 4. The molecule has 0 atom stereocenters. The van der Waals surface area contributed by atoms with Crippen LogP contribution in [0.25, 0.3) is 10.9 Å². The Kier molecular flexibility index (Phi) is 4.03. The summed E-state index contributed by atoms with van der Waals surface area (Å²) in [6.07, 6.45) is 1.70. The molecule has 2 aliphatic rings. The first-order valence-corrected chi connectivity index (χ1v) is 11.6. The van der Waals surface area contributed by atoms with E-state index < -0.39 is 9.84 Å². The highest BCUT2D eigenvalue weighted by molar-refractivity contribution is 7.90. The monoisotopic (exact) mass is 395 g/mol. The number of aromatic nitrogens is 1. The van der Waals surface area contributed by atoms with Gasteiger partial charge in [-0.1, -0.05) is 6.07 Å². The van der Waals surface area contributed by atoms with Crippen LogP contribution in [0.5, 0.6) is 0 Å². The molecule has 3 heterocycles. The van der Waals surface area contributed by atoms with Gasteiger partial charge in [-0.2, -0.15) is 0 Å². The highest BCUT2D eigenvalue weighted by Gasteiger charge is 2.26. The van der Waals surface area contributed by atoms with Crippen molar-refractivity contribution in [2.24, 2.45) is 7.05 Å². The number of likely N-dealkylation sites (N-methyl/N-ethyl adjacent to an activating group) is 1. The van der Waals surface area contributed by atoms with Gasteiger partial charge in [-0.15, -0.1) is 0 Å². The maximum absolute atomic E-state index is 12.2. The lowest BCUT2D eigenvalue weighted by atomic mass is 9.99. The molecule has 0 bridgehead atoms. The first-order chi connectivity index (χ1) is 13.4. The van der Waals surface area contributed by atoms with Crippen molar-refractivity contribution in [1.29, 1.82) is 0 Å². The number of hydrogen-bond acceptors (Lipinski definition) is 4. The van der Waals surface area contributed by atoms with Gasteiger partial charge in [-0.25, -0.2) is 8.42 Å². The fraction of sp³-hybridized carbons (Fsp3) is 0.364. The van der Waals surface area contributed by atoms with E-state index in [2.05, 4.69) is 58.2 Å². The summed E-state index contributed by atoms with van der Waals surface area (Å²) >= 11 is 0. The quantitative estimate of drug-likeness (QED) is 0.723. The Hall–Kier alpha value is -2.31. The topological polar surface area (TPSA) is 54.3 Å². The molecular formula is C22H25N3O2S. The number of nitrogens with one attached hydrogen (secondary N) is 1. The molecule has 0 amide bonds. The number of benzene rings is 2. The van der Waals surface area contributed by atoms with Crippen LogP contribution in [0.15, 0.2) is 36.4 Å². The summed E-state index contributed by atoms with van der Waals surface area (Å²) in [6.45, 7) is 2.09. The Labute approximate surface area is 165 Å². The van der Waals surface area contributed by atoms with Gasteiger partial charge in [0.05, 0.1) is 11.5 Å². The lowest BCUT2D eigenvalue weighted by molar-refractivity contribution is 0.313. The minimum absolute atomic E-state index is 0.147. The van der Waals surface area contributed by atoms with E-state index in [1.54, 1.807) is 0 Å². The lowest BCUT2D eigenvalue weighted by Gasteiger charge is -2.25. The van der Waals surface area contributed by atoms with E-state index in [4.69, 9.17) is 0 Å². The van der Waals surface area contributed by atoms with Crippen molar-refractivity contribution >= 4 is 32.1 Å². The van der Waals surface area contributed by atoms with Crippen molar-refractivity contribution in [3.8, 4) is 0 Å². The predicted molar refractivity (Wildman–Crippen MR) is 114 cm³/mol. The molecule has 2 aromatic carbocycles. The number of sulfone groups is 1. The Bertz CT molecular complexity index is 1190. The zero-order valence-electron chi connectivity index (χ0n) is 16.3. The molecule has 0 spiro atoms. The van der Waals surface area contributed by atoms with Crippen molar-refractivity contribution in [3.05, 3.63) is 58.8 Å². The molecule has 5 nitrogen and oxygen atoms in total. The van der Waals surface area contributed by atoms with E-state index in [1.807, 2.05) is 7.05 Å². The summed E-state index contributed by atoms with van der Waals surface area (Å²) in [5, 5.41) is 4.57. The van der Waals surface area contributed by atoms with Crippen LogP contribution in [0.4, 0.5) is 11.4 Å². The summed E-state index contributed by atoms with van der Waals surface area (Å²) in [5.74, 6) is 0.396. The van der Waals surface area contributed by atoms with Gasteiger partial charge < -0.3 is 14.8 Å². The average molecular weight is 396 g/mol. The second-order valence-electron chi connectivity index (χ2n) is 8.15. The third-order valence-electron chi connectivity index (χ3n) is 6.15.